The number of hydrogen-bond donors (Lipinski definition) is 3. The molecule has 2 aromatic heterocycles. The van der Waals surface area contributed by atoms with E-state index in [0.29, 0.717) is 22.5 Å². The van der Waals surface area contributed by atoms with E-state index in [1.807, 2.05) is 18.2 Å². The van der Waals surface area contributed by atoms with Crippen LogP contribution in [0.3, 0.4) is 0 Å². The van der Waals surface area contributed by atoms with Crippen molar-refractivity contribution in [3.63, 3.8) is 0 Å². The number of pyridine rings is 1. The smallest absolute Gasteiger partial charge is 0.257 e. The van der Waals surface area contributed by atoms with Crippen LogP contribution in [0.25, 0.3) is 10.9 Å². The number of H-pyrrole nitrogens is 1. The Labute approximate surface area is 179 Å². The summed E-state index contributed by atoms with van der Waals surface area (Å²) in [6, 6.07) is 16.3. The maximum Gasteiger partial charge on any atom is 0.257 e. The van der Waals surface area contributed by atoms with Crippen LogP contribution in [0, 0.1) is 0 Å². The first-order valence-corrected chi connectivity index (χ1v) is 10.4. The number of fused-ring (bicyclic) bond motifs is 3. The van der Waals surface area contributed by atoms with Crippen molar-refractivity contribution in [3.05, 3.63) is 89.4 Å². The molecule has 6 heteroatoms. The number of rotatable bonds is 4. The minimum absolute atomic E-state index is 0.177. The van der Waals surface area contributed by atoms with Crippen LogP contribution in [-0.4, -0.2) is 21.8 Å². The number of aromatic nitrogens is 2. The molecule has 4 aromatic rings. The van der Waals surface area contributed by atoms with Crippen LogP contribution in [0.2, 0.25) is 0 Å². The van der Waals surface area contributed by atoms with Crippen molar-refractivity contribution in [2.45, 2.75) is 25.7 Å². The highest BCUT2D eigenvalue weighted by atomic mass is 16.2. The standard InChI is InChI=1S/C25H22N4O2/c30-24(16-10-11-23-21(13-16)20-8-1-2-9-22(20)29-23)27-18-6-3-7-19(14-18)28-25(31)17-5-4-12-26-15-17/h3-7,10-15,29H,1-2,8-9H2,(H,27,30)(H,28,31). The summed E-state index contributed by atoms with van der Waals surface area (Å²) in [5.74, 6) is -0.428. The number of hydrogen-bond acceptors (Lipinski definition) is 3. The van der Waals surface area contributed by atoms with Crippen molar-refractivity contribution >= 4 is 34.1 Å². The number of anilines is 2. The van der Waals surface area contributed by atoms with Crippen LogP contribution in [0.5, 0.6) is 0 Å². The zero-order chi connectivity index (χ0) is 21.2. The van der Waals surface area contributed by atoms with Gasteiger partial charge < -0.3 is 15.6 Å². The predicted octanol–water partition coefficient (Wildman–Crippen LogP) is 4.95. The highest BCUT2D eigenvalue weighted by Crippen LogP contribution is 2.30. The highest BCUT2D eigenvalue weighted by molar-refractivity contribution is 6.07. The van der Waals surface area contributed by atoms with Crippen molar-refractivity contribution in [1.82, 2.24) is 9.97 Å². The van der Waals surface area contributed by atoms with Gasteiger partial charge in [0.15, 0.2) is 0 Å². The van der Waals surface area contributed by atoms with E-state index < -0.39 is 0 Å². The molecule has 31 heavy (non-hydrogen) atoms. The first-order valence-electron chi connectivity index (χ1n) is 10.4. The van der Waals surface area contributed by atoms with Gasteiger partial charge in [-0.3, -0.25) is 14.6 Å². The van der Waals surface area contributed by atoms with Crippen LogP contribution in [0.15, 0.2) is 67.0 Å². The van der Waals surface area contributed by atoms with Gasteiger partial charge >= 0.3 is 0 Å². The number of amides is 2. The van der Waals surface area contributed by atoms with E-state index >= 15 is 0 Å². The van der Waals surface area contributed by atoms with Crippen LogP contribution < -0.4 is 10.6 Å². The Bertz CT molecular complexity index is 1280. The zero-order valence-corrected chi connectivity index (χ0v) is 16.9. The monoisotopic (exact) mass is 410 g/mol. The van der Waals surface area contributed by atoms with E-state index in [-0.39, 0.29) is 11.8 Å². The molecule has 0 radical (unpaired) electrons. The summed E-state index contributed by atoms with van der Waals surface area (Å²) in [6.45, 7) is 0. The summed E-state index contributed by atoms with van der Waals surface area (Å²) in [6.07, 6.45) is 7.65. The molecule has 0 fully saturated rings. The molecule has 154 valence electrons. The number of nitrogens with zero attached hydrogens (tertiary/aromatic N) is 1. The minimum atomic E-state index is -0.251. The number of carbonyl (C=O) groups is 2. The lowest BCUT2D eigenvalue weighted by Crippen LogP contribution is -2.14. The minimum Gasteiger partial charge on any atom is -0.358 e. The van der Waals surface area contributed by atoms with Gasteiger partial charge in [-0.25, -0.2) is 0 Å². The molecule has 0 aliphatic heterocycles. The van der Waals surface area contributed by atoms with Gasteiger partial charge in [0.2, 0.25) is 0 Å². The van der Waals surface area contributed by atoms with Gasteiger partial charge in [0.1, 0.15) is 0 Å². The molecule has 0 saturated carbocycles. The second-order valence-electron chi connectivity index (χ2n) is 7.78. The third kappa shape index (κ3) is 3.92. The summed E-state index contributed by atoms with van der Waals surface area (Å²) in [5, 5.41) is 6.91. The molecule has 0 spiro atoms. The van der Waals surface area contributed by atoms with Gasteiger partial charge in [-0.2, -0.15) is 0 Å². The zero-order valence-electron chi connectivity index (χ0n) is 16.9. The summed E-state index contributed by atoms with van der Waals surface area (Å²) in [4.78, 5) is 32.7. The Kier molecular flexibility index (Phi) is 4.96. The van der Waals surface area contributed by atoms with Gasteiger partial charge in [-0.15, -0.1) is 0 Å². The Morgan fingerprint density at radius 3 is 2.39 bits per heavy atom. The number of aromatic amines is 1. The largest absolute Gasteiger partial charge is 0.358 e. The lowest BCUT2D eigenvalue weighted by atomic mass is 9.95. The number of aryl methyl sites for hydroxylation is 2. The van der Waals surface area contributed by atoms with Crippen molar-refractivity contribution in [2.24, 2.45) is 0 Å². The van der Waals surface area contributed by atoms with Gasteiger partial charge in [0.25, 0.3) is 11.8 Å². The quantitative estimate of drug-likeness (QED) is 0.445. The molecule has 0 atom stereocenters. The molecule has 5 rings (SSSR count). The van der Waals surface area contributed by atoms with Crippen LogP contribution in [0.4, 0.5) is 11.4 Å². The molecule has 0 bridgehead atoms. The van der Waals surface area contributed by atoms with Crippen LogP contribution in [0.1, 0.15) is 44.8 Å². The molecule has 1 aliphatic carbocycles. The number of benzene rings is 2. The Morgan fingerprint density at radius 1 is 0.839 bits per heavy atom. The number of carbonyl (C=O) groups excluding carboxylic acids is 2. The van der Waals surface area contributed by atoms with E-state index in [9.17, 15) is 9.59 Å². The average molecular weight is 410 g/mol. The summed E-state index contributed by atoms with van der Waals surface area (Å²) >= 11 is 0. The Hall–Kier alpha value is -3.93. The highest BCUT2D eigenvalue weighted by Gasteiger charge is 2.17. The average Bonchev–Trinajstić information content (AvgIpc) is 3.18. The molecule has 3 N–H and O–H groups in total. The molecule has 6 nitrogen and oxygen atoms in total. The third-order valence-corrected chi connectivity index (χ3v) is 5.66. The maximum absolute atomic E-state index is 12.9. The molecule has 2 aromatic carbocycles. The van der Waals surface area contributed by atoms with Gasteiger partial charge in [-0.05, 0) is 79.8 Å². The van der Waals surface area contributed by atoms with Gasteiger partial charge in [0, 0.05) is 45.9 Å². The fraction of sp³-hybridized carbons (Fsp3) is 0.160. The van der Waals surface area contributed by atoms with Gasteiger partial charge in [-0.1, -0.05) is 6.07 Å². The third-order valence-electron chi connectivity index (χ3n) is 5.66. The second-order valence-corrected chi connectivity index (χ2v) is 7.78. The second kappa shape index (κ2) is 8.07. The predicted molar refractivity (Wildman–Crippen MR) is 122 cm³/mol. The van der Waals surface area contributed by atoms with Crippen molar-refractivity contribution in [3.8, 4) is 0 Å². The van der Waals surface area contributed by atoms with Crippen molar-refractivity contribution < 1.29 is 9.59 Å². The van der Waals surface area contributed by atoms with E-state index in [1.165, 1.54) is 30.3 Å². The first kappa shape index (κ1) is 19.1. The first-order chi connectivity index (χ1) is 15.2. The summed E-state index contributed by atoms with van der Waals surface area (Å²) in [5.41, 5.74) is 6.03. The molecule has 1 aliphatic rings. The van der Waals surface area contributed by atoms with Crippen LogP contribution >= 0.6 is 0 Å². The van der Waals surface area contributed by atoms with Crippen molar-refractivity contribution in [1.29, 1.82) is 0 Å². The molecule has 2 heterocycles. The summed E-state index contributed by atoms with van der Waals surface area (Å²) < 4.78 is 0. The van der Waals surface area contributed by atoms with E-state index in [1.54, 1.807) is 42.6 Å². The van der Waals surface area contributed by atoms with Gasteiger partial charge in [0.05, 0.1) is 5.56 Å². The normalized spacial score (nSPS) is 12.9. The van der Waals surface area contributed by atoms with E-state index in [0.717, 1.165) is 23.7 Å². The fourth-order valence-electron chi connectivity index (χ4n) is 4.13. The number of nitrogens with one attached hydrogen (secondary N) is 3. The topological polar surface area (TPSA) is 86.9 Å². The van der Waals surface area contributed by atoms with Crippen LogP contribution in [-0.2, 0) is 12.8 Å². The maximum atomic E-state index is 12.9. The van der Waals surface area contributed by atoms with E-state index in [4.69, 9.17) is 0 Å². The van der Waals surface area contributed by atoms with Crippen molar-refractivity contribution in [2.75, 3.05) is 10.6 Å². The SMILES string of the molecule is O=C(Nc1cccc(NC(=O)c2ccc3[nH]c4c(c3c2)CCCC4)c1)c1cccnc1. The molecular formula is C25H22N4O2. The lowest BCUT2D eigenvalue weighted by Gasteiger charge is -2.11. The molecular weight excluding hydrogens is 388 g/mol. The van der Waals surface area contributed by atoms with E-state index in [2.05, 4.69) is 20.6 Å². The molecule has 0 unspecified atom stereocenters. The fourth-order valence-corrected chi connectivity index (χ4v) is 4.13. The lowest BCUT2D eigenvalue weighted by molar-refractivity contribution is 0.101. The Balaban J connectivity index is 1.33. The molecule has 2 amide bonds. The summed E-state index contributed by atoms with van der Waals surface area (Å²) in [7, 11) is 0. The molecule has 0 saturated heterocycles. The Morgan fingerprint density at radius 2 is 1.61 bits per heavy atom.